The summed E-state index contributed by atoms with van der Waals surface area (Å²) in [6.07, 6.45) is 1.58. The fourth-order valence-electron chi connectivity index (χ4n) is 0.954. The highest BCUT2D eigenvalue weighted by Crippen LogP contribution is 2.16. The number of hydrogen-bond acceptors (Lipinski definition) is 3. The molecule has 0 aliphatic heterocycles. The topological polar surface area (TPSA) is 69.2 Å². The predicted octanol–water partition coefficient (Wildman–Crippen LogP) is 2.20. The quantitative estimate of drug-likeness (QED) is 0.477. The van der Waals surface area contributed by atoms with Gasteiger partial charge in [-0.25, -0.2) is 0 Å². The molecule has 4 nitrogen and oxygen atoms in total. The minimum Gasteiger partial charge on any atom is -0.321 e. The van der Waals surface area contributed by atoms with E-state index in [4.69, 9.17) is 5.73 Å². The van der Waals surface area contributed by atoms with Gasteiger partial charge >= 0.3 is 0 Å². The Morgan fingerprint density at radius 3 is 2.29 bits per heavy atom. The Bertz CT molecular complexity index is 324. The van der Waals surface area contributed by atoms with Crippen LogP contribution in [0.15, 0.2) is 36.9 Å². The van der Waals surface area contributed by atoms with E-state index < -0.39 is 4.92 Å². The van der Waals surface area contributed by atoms with Crippen molar-refractivity contribution in [2.24, 2.45) is 5.73 Å². The van der Waals surface area contributed by atoms with Crippen LogP contribution in [0.1, 0.15) is 11.6 Å². The summed E-state index contributed by atoms with van der Waals surface area (Å²) in [6.45, 7) is 3.54. The molecule has 1 aromatic rings. The van der Waals surface area contributed by atoms with Gasteiger partial charge in [0.15, 0.2) is 0 Å². The number of halogens is 1. The van der Waals surface area contributed by atoms with Crippen LogP contribution >= 0.6 is 12.4 Å². The van der Waals surface area contributed by atoms with Gasteiger partial charge in [0.25, 0.3) is 5.69 Å². The van der Waals surface area contributed by atoms with E-state index in [9.17, 15) is 10.1 Å². The van der Waals surface area contributed by atoms with Crippen LogP contribution in [0.3, 0.4) is 0 Å². The van der Waals surface area contributed by atoms with Crippen molar-refractivity contribution in [3.05, 3.63) is 52.6 Å². The Labute approximate surface area is 88.0 Å². The van der Waals surface area contributed by atoms with Crippen molar-refractivity contribution in [1.82, 2.24) is 0 Å². The van der Waals surface area contributed by atoms with Gasteiger partial charge in [0.1, 0.15) is 0 Å². The van der Waals surface area contributed by atoms with Crippen LogP contribution < -0.4 is 5.73 Å². The number of nitrogens with two attached hydrogens (primary N) is 1. The van der Waals surface area contributed by atoms with E-state index in [2.05, 4.69) is 6.58 Å². The second-order valence-electron chi connectivity index (χ2n) is 2.61. The van der Waals surface area contributed by atoms with Crippen molar-refractivity contribution < 1.29 is 4.92 Å². The molecule has 0 radical (unpaired) electrons. The minimum atomic E-state index is -0.441. The lowest BCUT2D eigenvalue weighted by molar-refractivity contribution is -0.384. The third-order valence-corrected chi connectivity index (χ3v) is 1.74. The molecule has 0 aliphatic rings. The van der Waals surface area contributed by atoms with Gasteiger partial charge in [-0.05, 0) is 5.56 Å². The molecule has 0 unspecified atom stereocenters. The van der Waals surface area contributed by atoms with E-state index in [1.165, 1.54) is 12.1 Å². The molecule has 76 valence electrons. The number of benzene rings is 1. The van der Waals surface area contributed by atoms with Crippen molar-refractivity contribution in [1.29, 1.82) is 0 Å². The molecule has 2 N–H and O–H groups in total. The Kier molecular flexibility index (Phi) is 4.83. The van der Waals surface area contributed by atoms with Crippen LogP contribution in [0, 0.1) is 10.1 Å². The molecule has 5 heteroatoms. The Balaban J connectivity index is 0.00000169. The fourth-order valence-corrected chi connectivity index (χ4v) is 0.954. The average molecular weight is 215 g/mol. The summed E-state index contributed by atoms with van der Waals surface area (Å²) in [5.74, 6) is 0. The van der Waals surface area contributed by atoms with Gasteiger partial charge in [0.05, 0.1) is 4.92 Å². The van der Waals surface area contributed by atoms with Crippen molar-refractivity contribution in [3.8, 4) is 0 Å². The van der Waals surface area contributed by atoms with Gasteiger partial charge in [-0.1, -0.05) is 18.2 Å². The molecular formula is C9H11ClN2O2. The Morgan fingerprint density at radius 2 is 1.93 bits per heavy atom. The van der Waals surface area contributed by atoms with E-state index in [1.807, 2.05) is 0 Å². The molecule has 0 spiro atoms. The number of non-ortho nitro benzene ring substituents is 1. The average Bonchev–Trinajstić information content (AvgIpc) is 2.17. The number of nitrogens with zero attached hydrogens (tertiary/aromatic N) is 1. The Morgan fingerprint density at radius 1 is 1.43 bits per heavy atom. The number of nitro benzene ring substituents is 1. The van der Waals surface area contributed by atoms with Crippen LogP contribution in [0.25, 0.3) is 0 Å². The lowest BCUT2D eigenvalue weighted by Crippen LogP contribution is -2.05. The molecule has 14 heavy (non-hydrogen) atoms. The fraction of sp³-hybridized carbons (Fsp3) is 0.111. The van der Waals surface area contributed by atoms with Crippen LogP contribution in [-0.4, -0.2) is 4.92 Å². The summed E-state index contributed by atoms with van der Waals surface area (Å²) in [5.41, 5.74) is 6.52. The highest BCUT2D eigenvalue weighted by Gasteiger charge is 2.06. The summed E-state index contributed by atoms with van der Waals surface area (Å²) in [5, 5.41) is 10.3. The van der Waals surface area contributed by atoms with E-state index >= 15 is 0 Å². The molecule has 0 bridgehead atoms. The van der Waals surface area contributed by atoms with Gasteiger partial charge in [0, 0.05) is 18.2 Å². The van der Waals surface area contributed by atoms with E-state index in [-0.39, 0.29) is 24.1 Å². The largest absolute Gasteiger partial charge is 0.321 e. The van der Waals surface area contributed by atoms with Crippen molar-refractivity contribution >= 4 is 18.1 Å². The first-order valence-electron chi connectivity index (χ1n) is 3.77. The monoisotopic (exact) mass is 214 g/mol. The van der Waals surface area contributed by atoms with E-state index in [0.717, 1.165) is 5.56 Å². The molecule has 1 rings (SSSR count). The molecule has 0 heterocycles. The highest BCUT2D eigenvalue weighted by molar-refractivity contribution is 5.85. The first-order valence-corrected chi connectivity index (χ1v) is 3.77. The molecule has 0 fully saturated rings. The third kappa shape index (κ3) is 2.83. The molecule has 1 atom stereocenters. The standard InChI is InChI=1S/C9H10N2O2.ClH/c1-2-9(10)7-3-5-8(6-4-7)11(12)13;/h2-6,9H,1,10H2;1H/t9-;/m0./s1. The first kappa shape index (κ1) is 12.6. The summed E-state index contributed by atoms with van der Waals surface area (Å²) < 4.78 is 0. The lowest BCUT2D eigenvalue weighted by atomic mass is 10.1. The zero-order valence-electron chi connectivity index (χ0n) is 7.42. The second kappa shape index (κ2) is 5.36. The zero-order valence-corrected chi connectivity index (χ0v) is 8.24. The maximum atomic E-state index is 10.3. The number of hydrogen-bond donors (Lipinski definition) is 1. The van der Waals surface area contributed by atoms with E-state index in [0.29, 0.717) is 0 Å². The third-order valence-electron chi connectivity index (χ3n) is 1.74. The number of nitro groups is 1. The molecule has 0 aliphatic carbocycles. The van der Waals surface area contributed by atoms with Gasteiger partial charge < -0.3 is 5.73 Å². The Hall–Kier alpha value is -1.39. The summed E-state index contributed by atoms with van der Waals surface area (Å²) in [7, 11) is 0. The van der Waals surface area contributed by atoms with Crippen molar-refractivity contribution in [2.45, 2.75) is 6.04 Å². The second-order valence-corrected chi connectivity index (χ2v) is 2.61. The van der Waals surface area contributed by atoms with Crippen LogP contribution in [0.2, 0.25) is 0 Å². The maximum Gasteiger partial charge on any atom is 0.269 e. The molecule has 0 amide bonds. The predicted molar refractivity (Wildman–Crippen MR) is 57.5 cm³/mol. The van der Waals surface area contributed by atoms with Gasteiger partial charge in [-0.15, -0.1) is 19.0 Å². The smallest absolute Gasteiger partial charge is 0.269 e. The molecule has 1 aromatic carbocycles. The number of rotatable bonds is 3. The molecule has 0 aromatic heterocycles. The SMILES string of the molecule is C=C[C@H](N)c1ccc([N+](=O)[O-])cc1.Cl. The summed E-state index contributed by atoms with van der Waals surface area (Å²) in [4.78, 5) is 9.86. The van der Waals surface area contributed by atoms with Crippen molar-refractivity contribution in [2.75, 3.05) is 0 Å². The minimum absolute atomic E-state index is 0. The van der Waals surface area contributed by atoms with Crippen LogP contribution in [0.5, 0.6) is 0 Å². The first-order chi connectivity index (χ1) is 6.15. The maximum absolute atomic E-state index is 10.3. The summed E-state index contributed by atoms with van der Waals surface area (Å²) in [6, 6.07) is 5.85. The highest BCUT2D eigenvalue weighted by atomic mass is 35.5. The summed E-state index contributed by atoms with van der Waals surface area (Å²) >= 11 is 0. The van der Waals surface area contributed by atoms with Crippen molar-refractivity contribution in [3.63, 3.8) is 0 Å². The van der Waals surface area contributed by atoms with Gasteiger partial charge in [-0.3, -0.25) is 10.1 Å². The lowest BCUT2D eigenvalue weighted by Gasteiger charge is -2.04. The van der Waals surface area contributed by atoms with Crippen LogP contribution in [-0.2, 0) is 0 Å². The van der Waals surface area contributed by atoms with Gasteiger partial charge in [-0.2, -0.15) is 0 Å². The zero-order chi connectivity index (χ0) is 9.84. The van der Waals surface area contributed by atoms with Gasteiger partial charge in [0.2, 0.25) is 0 Å². The molecular weight excluding hydrogens is 204 g/mol. The van der Waals surface area contributed by atoms with E-state index in [1.54, 1.807) is 18.2 Å². The van der Waals surface area contributed by atoms with Crippen LogP contribution in [0.4, 0.5) is 5.69 Å². The molecule has 0 saturated carbocycles. The molecule has 0 saturated heterocycles. The normalized spacial score (nSPS) is 11.2.